The van der Waals surface area contributed by atoms with Crippen LogP contribution in [0.1, 0.15) is 36.8 Å². The van der Waals surface area contributed by atoms with Crippen molar-refractivity contribution in [3.8, 4) is 5.75 Å². The summed E-state index contributed by atoms with van der Waals surface area (Å²) < 4.78 is 37.5. The molecule has 0 atom stereocenters. The van der Waals surface area contributed by atoms with Crippen molar-refractivity contribution < 1.29 is 22.5 Å². The Morgan fingerprint density at radius 1 is 1.22 bits per heavy atom. The summed E-state index contributed by atoms with van der Waals surface area (Å²) >= 11 is 0. The van der Waals surface area contributed by atoms with Crippen LogP contribution in [0.25, 0.3) is 0 Å². The maximum atomic E-state index is 12.8. The van der Waals surface area contributed by atoms with Crippen LogP contribution < -0.4 is 4.74 Å². The van der Waals surface area contributed by atoms with Crippen molar-refractivity contribution in [2.24, 2.45) is 5.92 Å². The van der Waals surface area contributed by atoms with Gasteiger partial charge in [-0.25, -0.2) is 8.42 Å². The standard InChI is InChI=1S/C19H24N2O5S/c1-4-15-5-7-17(8-6-15)25-19(22)16-9-11-21(12-10-16)27(23,24)18-13(2)20-26-14(18)3/h5-8,16H,4,9-12H2,1-3H3. The van der Waals surface area contributed by atoms with Gasteiger partial charge in [0.15, 0.2) is 5.76 Å². The van der Waals surface area contributed by atoms with Crippen LogP contribution in [0.5, 0.6) is 5.75 Å². The van der Waals surface area contributed by atoms with Gasteiger partial charge in [0.2, 0.25) is 10.0 Å². The summed E-state index contributed by atoms with van der Waals surface area (Å²) in [6.45, 7) is 5.78. The molecule has 1 saturated heterocycles. The topological polar surface area (TPSA) is 89.7 Å². The van der Waals surface area contributed by atoms with Gasteiger partial charge in [-0.15, -0.1) is 0 Å². The van der Waals surface area contributed by atoms with E-state index in [1.165, 1.54) is 9.87 Å². The van der Waals surface area contributed by atoms with Crippen molar-refractivity contribution in [3.63, 3.8) is 0 Å². The smallest absolute Gasteiger partial charge is 0.314 e. The second-order valence-corrected chi connectivity index (χ2v) is 8.63. The van der Waals surface area contributed by atoms with Crippen LogP contribution in [0, 0.1) is 19.8 Å². The number of aryl methyl sites for hydroxylation is 3. The molecule has 3 rings (SSSR count). The molecule has 0 saturated carbocycles. The molecule has 0 radical (unpaired) electrons. The fraction of sp³-hybridized carbons (Fsp3) is 0.474. The molecular formula is C19H24N2O5S. The van der Waals surface area contributed by atoms with Gasteiger partial charge in [-0.2, -0.15) is 4.31 Å². The maximum absolute atomic E-state index is 12.8. The lowest BCUT2D eigenvalue weighted by molar-refractivity contribution is -0.140. The predicted octanol–water partition coefficient (Wildman–Crippen LogP) is 2.86. The van der Waals surface area contributed by atoms with Crippen LogP contribution in [-0.4, -0.2) is 36.9 Å². The SMILES string of the molecule is CCc1ccc(OC(=O)C2CCN(S(=O)(=O)c3c(C)noc3C)CC2)cc1. The number of carbonyl (C=O) groups is 1. The minimum atomic E-state index is -3.67. The molecule has 1 aromatic carbocycles. The van der Waals surface area contributed by atoms with Crippen molar-refractivity contribution in [1.82, 2.24) is 9.46 Å². The van der Waals surface area contributed by atoms with Gasteiger partial charge in [-0.1, -0.05) is 24.2 Å². The van der Waals surface area contributed by atoms with E-state index in [0.29, 0.717) is 24.3 Å². The molecule has 27 heavy (non-hydrogen) atoms. The number of sulfonamides is 1. The number of ether oxygens (including phenoxy) is 1. The quantitative estimate of drug-likeness (QED) is 0.574. The highest BCUT2D eigenvalue weighted by atomic mass is 32.2. The van der Waals surface area contributed by atoms with E-state index >= 15 is 0 Å². The Bertz CT molecular complexity index is 891. The lowest BCUT2D eigenvalue weighted by atomic mass is 9.98. The molecular weight excluding hydrogens is 368 g/mol. The number of aromatic nitrogens is 1. The van der Waals surface area contributed by atoms with Crippen molar-refractivity contribution in [2.75, 3.05) is 13.1 Å². The molecule has 7 nitrogen and oxygen atoms in total. The predicted molar refractivity (Wildman–Crippen MR) is 98.9 cm³/mol. The number of nitrogens with zero attached hydrogens (tertiary/aromatic N) is 2. The Morgan fingerprint density at radius 3 is 2.37 bits per heavy atom. The highest BCUT2D eigenvalue weighted by Gasteiger charge is 2.36. The molecule has 0 spiro atoms. The van der Waals surface area contributed by atoms with Gasteiger partial charge in [0.25, 0.3) is 0 Å². The molecule has 146 valence electrons. The average molecular weight is 392 g/mol. The molecule has 0 aliphatic carbocycles. The highest BCUT2D eigenvalue weighted by molar-refractivity contribution is 7.89. The molecule has 1 aliphatic rings. The zero-order valence-corrected chi connectivity index (χ0v) is 16.6. The summed E-state index contributed by atoms with van der Waals surface area (Å²) in [5.41, 5.74) is 1.53. The average Bonchev–Trinajstić information content (AvgIpc) is 3.01. The molecule has 2 aromatic rings. The van der Waals surface area contributed by atoms with E-state index in [1.54, 1.807) is 26.0 Å². The molecule has 2 heterocycles. The molecule has 1 aliphatic heterocycles. The number of hydrogen-bond acceptors (Lipinski definition) is 6. The second-order valence-electron chi connectivity index (χ2n) is 6.75. The number of rotatable bonds is 5. The summed E-state index contributed by atoms with van der Waals surface area (Å²) in [7, 11) is -3.67. The van der Waals surface area contributed by atoms with Crippen LogP contribution in [0.2, 0.25) is 0 Å². The van der Waals surface area contributed by atoms with E-state index < -0.39 is 10.0 Å². The number of hydrogen-bond donors (Lipinski definition) is 0. The van der Waals surface area contributed by atoms with Crippen molar-refractivity contribution in [1.29, 1.82) is 0 Å². The summed E-state index contributed by atoms with van der Waals surface area (Å²) in [6.07, 6.45) is 1.77. The van der Waals surface area contributed by atoms with Crippen molar-refractivity contribution in [2.45, 2.75) is 44.9 Å². The summed E-state index contributed by atoms with van der Waals surface area (Å²) in [6, 6.07) is 7.43. The van der Waals surface area contributed by atoms with Crippen LogP contribution in [-0.2, 0) is 21.2 Å². The molecule has 1 fully saturated rings. The Morgan fingerprint density at radius 2 is 1.85 bits per heavy atom. The van der Waals surface area contributed by atoms with E-state index in [1.807, 2.05) is 12.1 Å². The van der Waals surface area contributed by atoms with Crippen molar-refractivity contribution in [3.05, 3.63) is 41.3 Å². The monoisotopic (exact) mass is 392 g/mol. The fourth-order valence-corrected chi connectivity index (χ4v) is 5.06. The zero-order chi connectivity index (χ0) is 19.6. The van der Waals surface area contributed by atoms with Crippen LogP contribution in [0.3, 0.4) is 0 Å². The van der Waals surface area contributed by atoms with Gasteiger partial charge in [0.1, 0.15) is 16.3 Å². The van der Waals surface area contributed by atoms with Gasteiger partial charge < -0.3 is 9.26 Å². The second kappa shape index (κ2) is 7.82. The Hall–Kier alpha value is -2.19. The zero-order valence-electron chi connectivity index (χ0n) is 15.8. The van der Waals surface area contributed by atoms with Gasteiger partial charge in [-0.3, -0.25) is 4.79 Å². The third-order valence-electron chi connectivity index (χ3n) is 4.90. The first-order valence-electron chi connectivity index (χ1n) is 9.06. The molecule has 0 unspecified atom stereocenters. The lowest BCUT2D eigenvalue weighted by Gasteiger charge is -2.29. The van der Waals surface area contributed by atoms with Crippen LogP contribution in [0.15, 0.2) is 33.7 Å². The third-order valence-corrected chi connectivity index (χ3v) is 7.05. The van der Waals surface area contributed by atoms with Gasteiger partial charge in [0, 0.05) is 13.1 Å². The summed E-state index contributed by atoms with van der Waals surface area (Å²) in [5.74, 6) is 0.174. The first-order valence-corrected chi connectivity index (χ1v) is 10.5. The lowest BCUT2D eigenvalue weighted by Crippen LogP contribution is -2.41. The number of piperidine rings is 1. The van der Waals surface area contributed by atoms with Gasteiger partial charge >= 0.3 is 5.97 Å². The Kier molecular flexibility index (Phi) is 5.67. The largest absolute Gasteiger partial charge is 0.426 e. The number of benzene rings is 1. The van der Waals surface area contributed by atoms with Gasteiger partial charge in [0.05, 0.1) is 5.92 Å². The molecule has 0 N–H and O–H groups in total. The Balaban J connectivity index is 1.62. The maximum Gasteiger partial charge on any atom is 0.314 e. The Labute approximate surface area is 159 Å². The van der Waals surface area contributed by atoms with Gasteiger partial charge in [-0.05, 0) is 50.8 Å². The number of carbonyl (C=O) groups excluding carboxylic acids is 1. The van der Waals surface area contributed by atoms with Crippen molar-refractivity contribution >= 4 is 16.0 Å². The summed E-state index contributed by atoms with van der Waals surface area (Å²) in [5, 5.41) is 3.72. The molecule has 0 amide bonds. The normalized spacial score (nSPS) is 16.4. The fourth-order valence-electron chi connectivity index (χ4n) is 3.30. The van der Waals surface area contributed by atoms with Crippen LogP contribution >= 0.6 is 0 Å². The van der Waals surface area contributed by atoms with E-state index in [4.69, 9.17) is 9.26 Å². The molecule has 0 bridgehead atoms. The summed E-state index contributed by atoms with van der Waals surface area (Å²) in [4.78, 5) is 12.5. The van der Waals surface area contributed by atoms with E-state index in [0.717, 1.165) is 6.42 Å². The van der Waals surface area contributed by atoms with Crippen LogP contribution in [0.4, 0.5) is 0 Å². The van der Waals surface area contributed by atoms with E-state index in [9.17, 15) is 13.2 Å². The minimum absolute atomic E-state index is 0.125. The van der Waals surface area contributed by atoms with E-state index in [2.05, 4.69) is 12.1 Å². The highest BCUT2D eigenvalue weighted by Crippen LogP contribution is 2.28. The third kappa shape index (κ3) is 4.06. The molecule has 8 heteroatoms. The first-order chi connectivity index (χ1) is 12.8. The molecule has 1 aromatic heterocycles. The first kappa shape index (κ1) is 19.6. The van der Waals surface area contributed by atoms with E-state index in [-0.39, 0.29) is 35.6 Å². The number of esters is 1. The minimum Gasteiger partial charge on any atom is -0.426 e.